The summed E-state index contributed by atoms with van der Waals surface area (Å²) in [6.45, 7) is 3.99. The summed E-state index contributed by atoms with van der Waals surface area (Å²) < 4.78 is 1.81. The first-order valence-corrected chi connectivity index (χ1v) is 12.6. The molecule has 4 aromatic rings. The number of anilines is 1. The first-order chi connectivity index (χ1) is 16.8. The van der Waals surface area contributed by atoms with Crippen LogP contribution in [-0.4, -0.2) is 32.3 Å². The molecule has 1 atom stereocenters. The van der Waals surface area contributed by atoms with E-state index in [-0.39, 0.29) is 29.5 Å². The van der Waals surface area contributed by atoms with Crippen LogP contribution in [-0.2, 0) is 11.8 Å². The van der Waals surface area contributed by atoms with Crippen molar-refractivity contribution in [3.8, 4) is 0 Å². The lowest BCUT2D eigenvalue weighted by molar-refractivity contribution is -0.113. The first-order valence-electron chi connectivity index (χ1n) is 11.2. The fraction of sp³-hybridized carbons (Fsp3) is 0.231. The highest BCUT2D eigenvalue weighted by atomic mass is 35.5. The number of halogens is 1. The van der Waals surface area contributed by atoms with E-state index in [1.165, 1.54) is 11.8 Å². The van der Waals surface area contributed by atoms with E-state index in [1.54, 1.807) is 24.3 Å². The highest BCUT2D eigenvalue weighted by Crippen LogP contribution is 2.26. The second-order valence-electron chi connectivity index (χ2n) is 8.47. The Hall–Kier alpha value is -3.36. The maximum absolute atomic E-state index is 12.8. The number of nitrogens with one attached hydrogen (secondary N) is 2. The molecule has 0 aliphatic carbocycles. The molecule has 2 amide bonds. The van der Waals surface area contributed by atoms with Gasteiger partial charge in [-0.05, 0) is 41.0 Å². The van der Waals surface area contributed by atoms with Gasteiger partial charge in [-0.25, -0.2) is 0 Å². The average molecular weight is 508 g/mol. The quantitative estimate of drug-likeness (QED) is 0.308. The zero-order chi connectivity index (χ0) is 24.9. The van der Waals surface area contributed by atoms with E-state index < -0.39 is 0 Å². The largest absolute Gasteiger partial charge is 0.342 e. The van der Waals surface area contributed by atoms with Crippen molar-refractivity contribution < 1.29 is 9.59 Å². The number of benzene rings is 3. The number of hydrogen-bond acceptors (Lipinski definition) is 5. The molecule has 0 spiro atoms. The van der Waals surface area contributed by atoms with Crippen molar-refractivity contribution in [1.29, 1.82) is 0 Å². The lowest BCUT2D eigenvalue weighted by Crippen LogP contribution is -2.33. The second-order valence-corrected chi connectivity index (χ2v) is 9.82. The topological polar surface area (TPSA) is 88.9 Å². The fourth-order valence-electron chi connectivity index (χ4n) is 3.71. The highest BCUT2D eigenvalue weighted by Gasteiger charge is 2.26. The molecule has 0 fully saturated rings. The molecule has 35 heavy (non-hydrogen) atoms. The Morgan fingerprint density at radius 2 is 1.71 bits per heavy atom. The predicted octanol–water partition coefficient (Wildman–Crippen LogP) is 5.48. The van der Waals surface area contributed by atoms with Crippen LogP contribution in [0.3, 0.4) is 0 Å². The number of rotatable bonds is 8. The summed E-state index contributed by atoms with van der Waals surface area (Å²) in [5, 5.41) is 17.7. The Kier molecular flexibility index (Phi) is 7.73. The SMILES string of the molecule is CC(C)[C@H](NC(=O)c1ccccc1Cl)c1nnc(SCC(=O)Nc2ccc3ccccc3c2)n1C. The van der Waals surface area contributed by atoms with Gasteiger partial charge in [0.05, 0.1) is 22.4 Å². The monoisotopic (exact) mass is 507 g/mol. The standard InChI is InChI=1S/C26H26ClN5O2S/c1-16(2)23(29-25(34)20-10-6-7-11-21(20)27)24-30-31-26(32(24)3)35-15-22(33)28-19-13-12-17-8-4-5-9-18(17)14-19/h4-14,16,23H,15H2,1-3H3,(H,28,33)(H,29,34)/t23-/m0/s1. The summed E-state index contributed by atoms with van der Waals surface area (Å²) in [5.74, 6) is 0.427. The van der Waals surface area contributed by atoms with Gasteiger partial charge in [0.1, 0.15) is 0 Å². The van der Waals surface area contributed by atoms with Crippen LogP contribution >= 0.6 is 23.4 Å². The molecule has 0 saturated heterocycles. The Morgan fingerprint density at radius 3 is 2.46 bits per heavy atom. The molecule has 4 rings (SSSR count). The summed E-state index contributed by atoms with van der Waals surface area (Å²) in [6.07, 6.45) is 0. The van der Waals surface area contributed by atoms with Gasteiger partial charge in [0.15, 0.2) is 11.0 Å². The Morgan fingerprint density at radius 1 is 1.00 bits per heavy atom. The van der Waals surface area contributed by atoms with Crippen LogP contribution in [0.5, 0.6) is 0 Å². The van der Waals surface area contributed by atoms with Gasteiger partial charge in [-0.3, -0.25) is 9.59 Å². The third kappa shape index (κ3) is 5.83. The second kappa shape index (κ2) is 10.9. The van der Waals surface area contributed by atoms with E-state index in [4.69, 9.17) is 11.6 Å². The molecule has 7 nitrogen and oxygen atoms in total. The molecule has 180 valence electrons. The predicted molar refractivity (Wildman–Crippen MR) is 141 cm³/mol. The minimum atomic E-state index is -0.378. The number of fused-ring (bicyclic) bond motifs is 1. The number of thioether (sulfide) groups is 1. The van der Waals surface area contributed by atoms with Crippen molar-refractivity contribution in [2.24, 2.45) is 13.0 Å². The molecule has 3 aromatic carbocycles. The Balaban J connectivity index is 1.41. The van der Waals surface area contributed by atoms with E-state index in [0.717, 1.165) is 16.5 Å². The van der Waals surface area contributed by atoms with E-state index in [2.05, 4.69) is 20.8 Å². The van der Waals surface area contributed by atoms with Gasteiger partial charge in [-0.15, -0.1) is 10.2 Å². The van der Waals surface area contributed by atoms with Gasteiger partial charge in [0.2, 0.25) is 5.91 Å². The van der Waals surface area contributed by atoms with Gasteiger partial charge in [-0.2, -0.15) is 0 Å². The number of nitrogens with zero attached hydrogens (tertiary/aromatic N) is 3. The first kappa shape index (κ1) is 24.8. The summed E-state index contributed by atoms with van der Waals surface area (Å²) in [4.78, 5) is 25.4. The molecule has 0 aliphatic rings. The van der Waals surface area contributed by atoms with Crippen molar-refractivity contribution in [2.45, 2.75) is 25.0 Å². The molecule has 9 heteroatoms. The van der Waals surface area contributed by atoms with Crippen molar-refractivity contribution >= 4 is 51.6 Å². The molecule has 0 unspecified atom stereocenters. The lowest BCUT2D eigenvalue weighted by atomic mass is 10.0. The normalized spacial score (nSPS) is 12.0. The molecule has 1 heterocycles. The molecule has 1 aromatic heterocycles. The van der Waals surface area contributed by atoms with E-state index in [9.17, 15) is 9.59 Å². The number of aromatic nitrogens is 3. The third-order valence-corrected chi connectivity index (χ3v) is 6.93. The zero-order valence-electron chi connectivity index (χ0n) is 19.7. The molecular weight excluding hydrogens is 482 g/mol. The van der Waals surface area contributed by atoms with Gasteiger partial charge in [0, 0.05) is 12.7 Å². The van der Waals surface area contributed by atoms with Crippen molar-refractivity contribution in [3.63, 3.8) is 0 Å². The molecule has 0 aliphatic heterocycles. The Labute approximate surface area is 213 Å². The van der Waals surface area contributed by atoms with Gasteiger partial charge in [-0.1, -0.05) is 79.7 Å². The molecule has 0 saturated carbocycles. The smallest absolute Gasteiger partial charge is 0.253 e. The Bertz CT molecular complexity index is 1370. The summed E-state index contributed by atoms with van der Waals surface area (Å²) in [5.41, 5.74) is 1.15. The minimum absolute atomic E-state index is 0.0541. The fourth-order valence-corrected chi connectivity index (χ4v) is 4.65. The van der Waals surface area contributed by atoms with Crippen LogP contribution < -0.4 is 10.6 Å². The molecular formula is C26H26ClN5O2S. The van der Waals surface area contributed by atoms with E-state index >= 15 is 0 Å². The van der Waals surface area contributed by atoms with Crippen molar-refractivity contribution in [3.05, 3.63) is 83.1 Å². The lowest BCUT2D eigenvalue weighted by Gasteiger charge is -2.22. The molecule has 0 radical (unpaired) electrons. The maximum Gasteiger partial charge on any atom is 0.253 e. The van der Waals surface area contributed by atoms with Gasteiger partial charge >= 0.3 is 0 Å². The highest BCUT2D eigenvalue weighted by molar-refractivity contribution is 7.99. The van der Waals surface area contributed by atoms with Crippen LogP contribution in [0.25, 0.3) is 10.8 Å². The van der Waals surface area contributed by atoms with Crippen molar-refractivity contribution in [1.82, 2.24) is 20.1 Å². The molecule has 2 N–H and O–H groups in total. The number of carbonyl (C=O) groups excluding carboxylic acids is 2. The van der Waals surface area contributed by atoms with Crippen LogP contribution in [0.15, 0.2) is 71.9 Å². The molecule has 0 bridgehead atoms. The van der Waals surface area contributed by atoms with E-state index in [1.807, 2.05) is 67.9 Å². The van der Waals surface area contributed by atoms with Crippen LogP contribution in [0.4, 0.5) is 5.69 Å². The third-order valence-electron chi connectivity index (χ3n) is 5.58. The summed E-state index contributed by atoms with van der Waals surface area (Å²) >= 11 is 7.48. The number of amides is 2. The number of carbonyl (C=O) groups is 2. The van der Waals surface area contributed by atoms with Crippen LogP contribution in [0.2, 0.25) is 5.02 Å². The van der Waals surface area contributed by atoms with Gasteiger partial charge in [0.25, 0.3) is 5.91 Å². The number of hydrogen-bond donors (Lipinski definition) is 2. The van der Waals surface area contributed by atoms with E-state index in [0.29, 0.717) is 21.6 Å². The van der Waals surface area contributed by atoms with Crippen LogP contribution in [0.1, 0.15) is 36.1 Å². The summed E-state index contributed by atoms with van der Waals surface area (Å²) in [7, 11) is 1.83. The average Bonchev–Trinajstić information content (AvgIpc) is 3.20. The maximum atomic E-state index is 12.8. The van der Waals surface area contributed by atoms with Gasteiger partial charge < -0.3 is 15.2 Å². The zero-order valence-corrected chi connectivity index (χ0v) is 21.2. The minimum Gasteiger partial charge on any atom is -0.342 e. The van der Waals surface area contributed by atoms with Crippen molar-refractivity contribution in [2.75, 3.05) is 11.1 Å². The summed E-state index contributed by atoms with van der Waals surface area (Å²) in [6, 6.07) is 20.4. The van der Waals surface area contributed by atoms with Crippen LogP contribution in [0, 0.1) is 5.92 Å².